The van der Waals surface area contributed by atoms with Crippen molar-refractivity contribution in [1.29, 1.82) is 5.26 Å². The quantitative estimate of drug-likeness (QED) is 0.595. The number of piperidine rings is 1. The van der Waals surface area contributed by atoms with Crippen LogP contribution >= 0.6 is 0 Å². The van der Waals surface area contributed by atoms with Crippen molar-refractivity contribution >= 4 is 11.8 Å². The van der Waals surface area contributed by atoms with E-state index in [0.29, 0.717) is 37.1 Å². The summed E-state index contributed by atoms with van der Waals surface area (Å²) in [7, 11) is 0. The van der Waals surface area contributed by atoms with Crippen LogP contribution in [0.2, 0.25) is 0 Å². The number of nitrogens with zero attached hydrogens (tertiary/aromatic N) is 2. The number of aliphatic hydroxyl groups is 1. The summed E-state index contributed by atoms with van der Waals surface area (Å²) in [5, 5.41) is 24.2. The highest BCUT2D eigenvalue weighted by molar-refractivity contribution is 5.91. The van der Waals surface area contributed by atoms with Gasteiger partial charge >= 0.3 is 0 Å². The SMILES string of the molecule is N#CC1C2CC2CN1C(=O)C(NC(=O)C(N)Cc1ccccc1)C12CC3CC(CC(O)(C3)C1)C2. The maximum Gasteiger partial charge on any atom is 0.246 e. The minimum Gasteiger partial charge on any atom is -0.390 e. The number of hydrogen-bond acceptors (Lipinski definition) is 5. The smallest absolute Gasteiger partial charge is 0.246 e. The Labute approximate surface area is 200 Å². The van der Waals surface area contributed by atoms with Crippen molar-refractivity contribution in [2.45, 2.75) is 75.1 Å². The molecule has 7 heteroatoms. The fourth-order valence-corrected chi connectivity index (χ4v) is 8.33. The zero-order valence-corrected chi connectivity index (χ0v) is 19.5. The highest BCUT2D eigenvalue weighted by Crippen LogP contribution is 2.63. The van der Waals surface area contributed by atoms with Crippen molar-refractivity contribution in [2.24, 2.45) is 34.8 Å². The zero-order chi connectivity index (χ0) is 23.7. The van der Waals surface area contributed by atoms with E-state index in [1.165, 1.54) is 0 Å². The van der Waals surface area contributed by atoms with Gasteiger partial charge in [-0.15, -0.1) is 0 Å². The second-order valence-corrected chi connectivity index (χ2v) is 12.0. The highest BCUT2D eigenvalue weighted by atomic mass is 16.3. The number of amides is 2. The molecule has 7 nitrogen and oxygen atoms in total. The van der Waals surface area contributed by atoms with Gasteiger partial charge in [0.15, 0.2) is 0 Å². The van der Waals surface area contributed by atoms with Crippen molar-refractivity contribution in [3.63, 3.8) is 0 Å². The first-order valence-electron chi connectivity index (χ1n) is 12.8. The summed E-state index contributed by atoms with van der Waals surface area (Å²) in [6.07, 6.45) is 6.31. The predicted octanol–water partition coefficient (Wildman–Crippen LogP) is 1.74. The lowest BCUT2D eigenvalue weighted by atomic mass is 9.46. The van der Waals surface area contributed by atoms with E-state index >= 15 is 0 Å². The van der Waals surface area contributed by atoms with Crippen LogP contribution in [0.25, 0.3) is 0 Å². The molecule has 1 saturated heterocycles. The Bertz CT molecular complexity index is 1020. The normalized spacial score (nSPS) is 40.9. The molecular weight excluding hydrogens is 428 g/mol. The summed E-state index contributed by atoms with van der Waals surface area (Å²) in [4.78, 5) is 29.1. The molecule has 7 unspecified atom stereocenters. The molecule has 5 aliphatic carbocycles. The van der Waals surface area contributed by atoms with Crippen LogP contribution in [0, 0.1) is 40.4 Å². The number of likely N-dealkylation sites (tertiary alicyclic amines) is 1. The van der Waals surface area contributed by atoms with Gasteiger partial charge in [0.25, 0.3) is 0 Å². The van der Waals surface area contributed by atoms with E-state index in [1.54, 1.807) is 4.90 Å². The van der Waals surface area contributed by atoms with Crippen LogP contribution in [-0.2, 0) is 16.0 Å². The Morgan fingerprint density at radius 2 is 1.88 bits per heavy atom. The largest absolute Gasteiger partial charge is 0.390 e. The maximum atomic E-state index is 14.1. The van der Waals surface area contributed by atoms with Crippen molar-refractivity contribution in [1.82, 2.24) is 10.2 Å². The zero-order valence-electron chi connectivity index (χ0n) is 19.5. The van der Waals surface area contributed by atoms with Crippen LogP contribution in [-0.4, -0.2) is 52.1 Å². The molecule has 7 rings (SSSR count). The third-order valence-corrected chi connectivity index (χ3v) is 9.42. The van der Waals surface area contributed by atoms with Crippen molar-refractivity contribution in [3.8, 4) is 6.07 Å². The van der Waals surface area contributed by atoms with Crippen molar-refractivity contribution in [2.75, 3.05) is 6.54 Å². The van der Waals surface area contributed by atoms with Gasteiger partial charge in [-0.25, -0.2) is 0 Å². The van der Waals surface area contributed by atoms with Crippen LogP contribution in [0.3, 0.4) is 0 Å². The number of nitrogens with two attached hydrogens (primary N) is 1. The van der Waals surface area contributed by atoms with Crippen molar-refractivity contribution in [3.05, 3.63) is 35.9 Å². The highest BCUT2D eigenvalue weighted by Gasteiger charge is 2.63. The Morgan fingerprint density at radius 1 is 1.18 bits per heavy atom. The molecule has 0 aromatic heterocycles. The topological polar surface area (TPSA) is 119 Å². The van der Waals surface area contributed by atoms with E-state index in [0.717, 1.165) is 44.1 Å². The predicted molar refractivity (Wildman–Crippen MR) is 125 cm³/mol. The fraction of sp³-hybridized carbons (Fsp3) is 0.667. The third-order valence-electron chi connectivity index (χ3n) is 9.42. The number of nitrogens with one attached hydrogen (secondary N) is 1. The molecule has 4 N–H and O–H groups in total. The average Bonchev–Trinajstić information content (AvgIpc) is 3.46. The molecule has 1 aromatic rings. The second-order valence-electron chi connectivity index (χ2n) is 12.0. The van der Waals surface area contributed by atoms with E-state index in [9.17, 15) is 20.0 Å². The minimum absolute atomic E-state index is 0.149. The van der Waals surface area contributed by atoms with Gasteiger partial charge in [-0.1, -0.05) is 30.3 Å². The monoisotopic (exact) mass is 462 g/mol. The Balaban J connectivity index is 1.28. The third kappa shape index (κ3) is 3.63. The lowest BCUT2D eigenvalue weighted by molar-refractivity contribution is -0.182. The van der Waals surface area contributed by atoms with Crippen LogP contribution in [0.5, 0.6) is 0 Å². The molecule has 1 aromatic carbocycles. The summed E-state index contributed by atoms with van der Waals surface area (Å²) >= 11 is 0. The van der Waals surface area contributed by atoms with Gasteiger partial charge in [0.2, 0.25) is 11.8 Å². The lowest BCUT2D eigenvalue weighted by Crippen LogP contribution is -2.67. The molecule has 7 atom stereocenters. The number of fused-ring (bicyclic) bond motifs is 1. The van der Waals surface area contributed by atoms with Crippen LogP contribution < -0.4 is 11.1 Å². The maximum absolute atomic E-state index is 14.1. The minimum atomic E-state index is -0.770. The van der Waals surface area contributed by atoms with E-state index in [4.69, 9.17) is 5.73 Å². The first kappa shape index (κ1) is 22.1. The van der Waals surface area contributed by atoms with E-state index in [2.05, 4.69) is 11.4 Å². The van der Waals surface area contributed by atoms with E-state index in [-0.39, 0.29) is 17.7 Å². The van der Waals surface area contributed by atoms with Gasteiger partial charge < -0.3 is 21.1 Å². The molecule has 5 saturated carbocycles. The van der Waals surface area contributed by atoms with Crippen LogP contribution in [0.15, 0.2) is 30.3 Å². The molecule has 0 radical (unpaired) electrons. The molecular formula is C27H34N4O3. The van der Waals surface area contributed by atoms with Crippen LogP contribution in [0.4, 0.5) is 0 Å². The number of nitriles is 1. The number of rotatable bonds is 6. The summed E-state index contributed by atoms with van der Waals surface area (Å²) < 4.78 is 0. The molecule has 1 aliphatic heterocycles. The molecule has 4 bridgehead atoms. The standard InChI is InChI=1S/C27H34N4O3/c28-13-22-20-8-19(20)14-31(22)25(33)23(30-24(32)21(29)7-16-4-2-1-3-5-16)26-9-17-6-18(10-26)12-27(34,11-17)15-26/h1-5,17-23,34H,6-12,14-15,29H2,(H,30,32). The van der Waals surface area contributed by atoms with E-state index in [1.807, 2.05) is 30.3 Å². The summed E-state index contributed by atoms with van der Waals surface area (Å²) in [6, 6.07) is 10.1. The Kier molecular flexibility index (Phi) is 5.06. The number of carbonyl (C=O) groups is 2. The molecule has 1 heterocycles. The first-order valence-corrected chi connectivity index (χ1v) is 12.8. The second kappa shape index (κ2) is 7.79. The molecule has 6 aliphatic rings. The number of carbonyl (C=O) groups excluding carboxylic acids is 2. The molecule has 6 fully saturated rings. The Hall–Kier alpha value is -2.43. The van der Waals surface area contributed by atoms with Gasteiger partial charge in [-0.2, -0.15) is 5.26 Å². The summed E-state index contributed by atoms with van der Waals surface area (Å²) in [5.41, 5.74) is 6.07. The van der Waals surface area contributed by atoms with Gasteiger partial charge in [0.05, 0.1) is 17.7 Å². The van der Waals surface area contributed by atoms with Gasteiger partial charge in [-0.05, 0) is 80.6 Å². The van der Waals surface area contributed by atoms with E-state index < -0.39 is 29.1 Å². The molecule has 2 amide bonds. The summed E-state index contributed by atoms with van der Waals surface area (Å²) in [6.45, 7) is 0.595. The molecule has 34 heavy (non-hydrogen) atoms. The van der Waals surface area contributed by atoms with Crippen LogP contribution in [0.1, 0.15) is 50.5 Å². The average molecular weight is 463 g/mol. The lowest BCUT2D eigenvalue weighted by Gasteiger charge is -2.62. The summed E-state index contributed by atoms with van der Waals surface area (Å²) in [5.74, 6) is 0.967. The van der Waals surface area contributed by atoms with Gasteiger partial charge in [-0.3, -0.25) is 9.59 Å². The van der Waals surface area contributed by atoms with Gasteiger partial charge in [0, 0.05) is 12.0 Å². The van der Waals surface area contributed by atoms with Gasteiger partial charge in [0.1, 0.15) is 12.1 Å². The first-order chi connectivity index (χ1) is 16.3. The molecule has 0 spiro atoms. The Morgan fingerprint density at radius 3 is 2.53 bits per heavy atom. The molecule has 180 valence electrons. The fourth-order valence-electron chi connectivity index (χ4n) is 8.33. The van der Waals surface area contributed by atoms with Crippen molar-refractivity contribution < 1.29 is 14.7 Å². The number of hydrogen-bond donors (Lipinski definition) is 3. The number of benzene rings is 1.